The van der Waals surface area contributed by atoms with Crippen LogP contribution >= 0.6 is 0 Å². The zero-order chi connectivity index (χ0) is 13.5. The lowest BCUT2D eigenvalue weighted by Gasteiger charge is -2.26. The Kier molecular flexibility index (Phi) is 6.18. The number of rotatable bonds is 7. The Balaban J connectivity index is 2.96. The molecule has 102 valence electrons. The van der Waals surface area contributed by atoms with Crippen LogP contribution in [-0.4, -0.2) is 27.1 Å². The summed E-state index contributed by atoms with van der Waals surface area (Å²) >= 11 is 0. The van der Waals surface area contributed by atoms with Crippen molar-refractivity contribution in [1.82, 2.24) is 5.32 Å². The molecule has 18 heavy (non-hydrogen) atoms. The summed E-state index contributed by atoms with van der Waals surface area (Å²) in [5.74, 6) is -1.74. The van der Waals surface area contributed by atoms with Gasteiger partial charge in [-0.25, -0.2) is 8.78 Å². The number of halogens is 2. The molecule has 1 atom stereocenters. The largest absolute Gasteiger partial charge is 0.354 e. The molecule has 0 heterocycles. The molecular formula is C13H19F2NO2. The first-order valence-electron chi connectivity index (χ1n) is 5.88. The van der Waals surface area contributed by atoms with Crippen molar-refractivity contribution in [3.05, 3.63) is 35.4 Å². The Bertz CT molecular complexity index is 370. The minimum absolute atomic E-state index is 0.338. The van der Waals surface area contributed by atoms with Crippen LogP contribution in [0.25, 0.3) is 0 Å². The van der Waals surface area contributed by atoms with Crippen molar-refractivity contribution in [3.8, 4) is 0 Å². The lowest BCUT2D eigenvalue weighted by atomic mass is 10.1. The summed E-state index contributed by atoms with van der Waals surface area (Å²) in [4.78, 5) is 0. The Hall–Kier alpha value is -1.04. The summed E-state index contributed by atoms with van der Waals surface area (Å²) < 4.78 is 36.5. The molecule has 0 bridgehead atoms. The third-order valence-corrected chi connectivity index (χ3v) is 2.65. The summed E-state index contributed by atoms with van der Waals surface area (Å²) in [6, 6.07) is 3.45. The lowest BCUT2D eigenvalue weighted by molar-refractivity contribution is -0.124. The number of nitrogens with one attached hydrogen (secondary N) is 1. The highest BCUT2D eigenvalue weighted by molar-refractivity contribution is 5.22. The van der Waals surface area contributed by atoms with E-state index in [1.807, 2.05) is 6.92 Å². The molecule has 3 nitrogen and oxygen atoms in total. The van der Waals surface area contributed by atoms with E-state index in [0.717, 1.165) is 25.1 Å². The van der Waals surface area contributed by atoms with Gasteiger partial charge in [0.2, 0.25) is 0 Å². The SMILES string of the molecule is CCCNC(c1ccc(F)c(F)c1)C(OC)OC. The van der Waals surface area contributed by atoms with Gasteiger partial charge in [0, 0.05) is 14.2 Å². The average Bonchev–Trinajstić information content (AvgIpc) is 2.38. The third-order valence-electron chi connectivity index (χ3n) is 2.65. The summed E-state index contributed by atoms with van der Waals surface area (Å²) in [7, 11) is 3.02. The summed E-state index contributed by atoms with van der Waals surface area (Å²) in [5.41, 5.74) is 0.594. The molecule has 0 spiro atoms. The van der Waals surface area contributed by atoms with E-state index in [4.69, 9.17) is 9.47 Å². The topological polar surface area (TPSA) is 30.5 Å². The molecule has 1 aromatic carbocycles. The van der Waals surface area contributed by atoms with Crippen molar-refractivity contribution in [1.29, 1.82) is 0 Å². The van der Waals surface area contributed by atoms with Gasteiger partial charge in [0.1, 0.15) is 0 Å². The minimum Gasteiger partial charge on any atom is -0.354 e. The van der Waals surface area contributed by atoms with Gasteiger partial charge in [-0.2, -0.15) is 0 Å². The fraction of sp³-hybridized carbons (Fsp3) is 0.538. The maximum atomic E-state index is 13.2. The van der Waals surface area contributed by atoms with Crippen LogP contribution in [0.3, 0.4) is 0 Å². The van der Waals surface area contributed by atoms with Gasteiger partial charge in [-0.15, -0.1) is 0 Å². The van der Waals surface area contributed by atoms with Crippen LogP contribution in [0.4, 0.5) is 8.78 Å². The van der Waals surface area contributed by atoms with Crippen LogP contribution in [0.5, 0.6) is 0 Å². The number of hydrogen-bond donors (Lipinski definition) is 1. The Morgan fingerprint density at radius 3 is 2.33 bits per heavy atom. The monoisotopic (exact) mass is 259 g/mol. The van der Waals surface area contributed by atoms with Crippen molar-refractivity contribution < 1.29 is 18.3 Å². The standard InChI is InChI=1S/C13H19F2NO2/c1-4-7-16-12(13(17-2)18-3)9-5-6-10(14)11(15)8-9/h5-6,8,12-13,16H,4,7H2,1-3H3. The van der Waals surface area contributed by atoms with Gasteiger partial charge in [0.15, 0.2) is 17.9 Å². The van der Waals surface area contributed by atoms with Gasteiger partial charge in [-0.05, 0) is 30.7 Å². The van der Waals surface area contributed by atoms with Crippen LogP contribution < -0.4 is 5.32 Å². The summed E-state index contributed by atoms with van der Waals surface area (Å²) in [5, 5.41) is 3.20. The van der Waals surface area contributed by atoms with Crippen molar-refractivity contribution in [2.24, 2.45) is 0 Å². The van der Waals surface area contributed by atoms with Gasteiger partial charge < -0.3 is 14.8 Å². The molecule has 1 N–H and O–H groups in total. The van der Waals surface area contributed by atoms with E-state index in [1.54, 1.807) is 0 Å². The zero-order valence-corrected chi connectivity index (χ0v) is 10.9. The van der Waals surface area contributed by atoms with E-state index in [-0.39, 0.29) is 6.04 Å². The molecule has 0 aliphatic rings. The normalized spacial score (nSPS) is 13.0. The van der Waals surface area contributed by atoms with E-state index in [1.165, 1.54) is 20.3 Å². The number of ether oxygens (including phenoxy) is 2. The first-order chi connectivity index (χ1) is 8.63. The fourth-order valence-corrected chi connectivity index (χ4v) is 1.75. The van der Waals surface area contributed by atoms with E-state index >= 15 is 0 Å². The van der Waals surface area contributed by atoms with Gasteiger partial charge in [0.25, 0.3) is 0 Å². The Morgan fingerprint density at radius 1 is 1.17 bits per heavy atom. The molecule has 0 aliphatic carbocycles. The van der Waals surface area contributed by atoms with E-state index < -0.39 is 17.9 Å². The molecule has 5 heteroatoms. The van der Waals surface area contributed by atoms with Crippen LogP contribution in [0.2, 0.25) is 0 Å². The van der Waals surface area contributed by atoms with Gasteiger partial charge in [0.05, 0.1) is 6.04 Å². The Morgan fingerprint density at radius 2 is 1.83 bits per heavy atom. The maximum Gasteiger partial charge on any atom is 0.176 e. The van der Waals surface area contributed by atoms with E-state index in [0.29, 0.717) is 5.56 Å². The highest BCUT2D eigenvalue weighted by atomic mass is 19.2. The average molecular weight is 259 g/mol. The van der Waals surface area contributed by atoms with Crippen LogP contribution in [-0.2, 0) is 9.47 Å². The highest BCUT2D eigenvalue weighted by Gasteiger charge is 2.23. The molecule has 0 amide bonds. The number of methoxy groups -OCH3 is 2. The van der Waals surface area contributed by atoms with Crippen LogP contribution in [0.1, 0.15) is 24.9 Å². The molecule has 0 aliphatic heterocycles. The second kappa shape index (κ2) is 7.41. The van der Waals surface area contributed by atoms with Crippen molar-refractivity contribution in [3.63, 3.8) is 0 Å². The van der Waals surface area contributed by atoms with Crippen LogP contribution in [0.15, 0.2) is 18.2 Å². The van der Waals surface area contributed by atoms with Crippen molar-refractivity contribution in [2.75, 3.05) is 20.8 Å². The minimum atomic E-state index is -0.873. The van der Waals surface area contributed by atoms with E-state index in [9.17, 15) is 8.78 Å². The second-order valence-corrected chi connectivity index (χ2v) is 3.95. The molecule has 0 saturated carbocycles. The predicted octanol–water partition coefficient (Wildman–Crippen LogP) is 2.62. The number of benzene rings is 1. The summed E-state index contributed by atoms with van der Waals surface area (Å²) in [6.45, 7) is 2.75. The lowest BCUT2D eigenvalue weighted by Crippen LogP contribution is -2.35. The molecule has 1 rings (SSSR count). The van der Waals surface area contributed by atoms with E-state index in [2.05, 4.69) is 5.32 Å². The zero-order valence-electron chi connectivity index (χ0n) is 10.9. The molecule has 0 aromatic heterocycles. The third kappa shape index (κ3) is 3.73. The highest BCUT2D eigenvalue weighted by Crippen LogP contribution is 2.21. The molecule has 0 radical (unpaired) electrons. The van der Waals surface area contributed by atoms with Gasteiger partial charge >= 0.3 is 0 Å². The van der Waals surface area contributed by atoms with Crippen molar-refractivity contribution >= 4 is 0 Å². The fourth-order valence-electron chi connectivity index (χ4n) is 1.75. The molecule has 1 unspecified atom stereocenters. The molecule has 1 aromatic rings. The van der Waals surface area contributed by atoms with Crippen LogP contribution in [0, 0.1) is 11.6 Å². The quantitative estimate of drug-likeness (QED) is 0.764. The molecule has 0 fully saturated rings. The second-order valence-electron chi connectivity index (χ2n) is 3.95. The Labute approximate surface area is 106 Å². The smallest absolute Gasteiger partial charge is 0.176 e. The predicted molar refractivity (Wildman–Crippen MR) is 65.2 cm³/mol. The van der Waals surface area contributed by atoms with Gasteiger partial charge in [-0.3, -0.25) is 0 Å². The maximum absolute atomic E-state index is 13.2. The molecule has 0 saturated heterocycles. The first-order valence-corrected chi connectivity index (χ1v) is 5.88. The van der Waals surface area contributed by atoms with Gasteiger partial charge in [-0.1, -0.05) is 13.0 Å². The summed E-state index contributed by atoms with van der Waals surface area (Å²) in [6.07, 6.45) is 0.363. The number of hydrogen-bond acceptors (Lipinski definition) is 3. The first kappa shape index (κ1) is 15.0. The van der Waals surface area contributed by atoms with Crippen molar-refractivity contribution in [2.45, 2.75) is 25.7 Å². The molecular weight excluding hydrogens is 240 g/mol.